The van der Waals surface area contributed by atoms with Gasteiger partial charge in [0.15, 0.2) is 0 Å². The standard InChI is InChI=1S/C17H19N5O4/c1-25-16(24)12-2-3-14-13(10-12)15(19-5-8-26-9-7-23)21-17(20-14)22-6-4-18-11-22/h2-4,6,10-11,23H,5,7-9H2,1H3,(H,19,20,21). The van der Waals surface area contributed by atoms with Crippen LogP contribution in [-0.4, -0.2) is 64.1 Å². The Morgan fingerprint density at radius 3 is 2.92 bits per heavy atom. The van der Waals surface area contributed by atoms with Gasteiger partial charge in [-0.05, 0) is 18.2 Å². The van der Waals surface area contributed by atoms with E-state index in [0.717, 1.165) is 0 Å². The number of methoxy groups -OCH3 is 1. The molecule has 1 aromatic carbocycles. The number of aliphatic hydroxyl groups is 1. The van der Waals surface area contributed by atoms with Crippen molar-refractivity contribution in [3.63, 3.8) is 0 Å². The summed E-state index contributed by atoms with van der Waals surface area (Å²) in [5.41, 5.74) is 1.09. The Labute approximate surface area is 149 Å². The average Bonchev–Trinajstić information content (AvgIpc) is 3.21. The van der Waals surface area contributed by atoms with Gasteiger partial charge >= 0.3 is 5.97 Å². The average molecular weight is 357 g/mol. The highest BCUT2D eigenvalue weighted by atomic mass is 16.5. The molecular weight excluding hydrogens is 338 g/mol. The summed E-state index contributed by atoms with van der Waals surface area (Å²) in [6.07, 6.45) is 5.00. The lowest BCUT2D eigenvalue weighted by Gasteiger charge is -2.12. The van der Waals surface area contributed by atoms with Gasteiger partial charge in [0, 0.05) is 24.3 Å². The summed E-state index contributed by atoms with van der Waals surface area (Å²) >= 11 is 0. The molecule has 0 bridgehead atoms. The predicted molar refractivity (Wildman–Crippen MR) is 94.4 cm³/mol. The van der Waals surface area contributed by atoms with Crippen LogP contribution in [0.3, 0.4) is 0 Å². The molecule has 2 aromatic heterocycles. The molecule has 0 aliphatic heterocycles. The van der Waals surface area contributed by atoms with Crippen LogP contribution in [0.15, 0.2) is 36.9 Å². The maximum absolute atomic E-state index is 11.8. The summed E-state index contributed by atoms with van der Waals surface area (Å²) in [6.45, 7) is 1.14. The number of ether oxygens (including phenoxy) is 2. The van der Waals surface area contributed by atoms with E-state index in [1.807, 2.05) is 0 Å². The number of hydrogen-bond donors (Lipinski definition) is 2. The third-order valence-electron chi connectivity index (χ3n) is 3.61. The van der Waals surface area contributed by atoms with E-state index in [4.69, 9.17) is 14.6 Å². The molecular formula is C17H19N5O4. The van der Waals surface area contributed by atoms with Crippen molar-refractivity contribution in [3.8, 4) is 5.95 Å². The van der Waals surface area contributed by atoms with E-state index in [2.05, 4.69) is 20.3 Å². The van der Waals surface area contributed by atoms with Crippen LogP contribution in [-0.2, 0) is 9.47 Å². The van der Waals surface area contributed by atoms with Crippen LogP contribution < -0.4 is 5.32 Å². The number of rotatable bonds is 8. The van der Waals surface area contributed by atoms with Crippen molar-refractivity contribution in [2.24, 2.45) is 0 Å². The number of aromatic nitrogens is 4. The number of nitrogens with zero attached hydrogens (tertiary/aromatic N) is 4. The molecule has 136 valence electrons. The third-order valence-corrected chi connectivity index (χ3v) is 3.61. The van der Waals surface area contributed by atoms with E-state index in [9.17, 15) is 4.79 Å². The normalized spacial score (nSPS) is 10.8. The van der Waals surface area contributed by atoms with Crippen molar-refractivity contribution in [1.29, 1.82) is 0 Å². The highest BCUT2D eigenvalue weighted by Gasteiger charge is 2.13. The van der Waals surface area contributed by atoms with E-state index in [0.29, 0.717) is 41.4 Å². The van der Waals surface area contributed by atoms with Gasteiger partial charge in [0.05, 0.1) is 38.0 Å². The second-order valence-corrected chi connectivity index (χ2v) is 5.33. The molecule has 0 unspecified atom stereocenters. The Morgan fingerprint density at radius 1 is 1.31 bits per heavy atom. The van der Waals surface area contributed by atoms with Crippen molar-refractivity contribution in [1.82, 2.24) is 19.5 Å². The smallest absolute Gasteiger partial charge is 0.337 e. The summed E-state index contributed by atoms with van der Waals surface area (Å²) in [4.78, 5) is 24.9. The molecule has 0 amide bonds. The minimum Gasteiger partial charge on any atom is -0.465 e. The van der Waals surface area contributed by atoms with Crippen molar-refractivity contribution < 1.29 is 19.4 Å². The van der Waals surface area contributed by atoms with Gasteiger partial charge in [-0.25, -0.2) is 14.8 Å². The monoisotopic (exact) mass is 357 g/mol. The summed E-state index contributed by atoms with van der Waals surface area (Å²) in [7, 11) is 1.34. The Bertz CT molecular complexity index is 882. The highest BCUT2D eigenvalue weighted by Crippen LogP contribution is 2.23. The van der Waals surface area contributed by atoms with E-state index in [1.54, 1.807) is 41.5 Å². The van der Waals surface area contributed by atoms with E-state index in [-0.39, 0.29) is 13.2 Å². The molecule has 0 fully saturated rings. The summed E-state index contributed by atoms with van der Waals surface area (Å²) in [5, 5.41) is 12.6. The first kappa shape index (κ1) is 17.8. The topological polar surface area (TPSA) is 111 Å². The molecule has 2 heterocycles. The Kier molecular flexibility index (Phi) is 5.72. The number of carbonyl (C=O) groups excluding carboxylic acids is 1. The van der Waals surface area contributed by atoms with Crippen LogP contribution in [0.25, 0.3) is 16.9 Å². The maximum atomic E-state index is 11.8. The fourth-order valence-corrected chi connectivity index (χ4v) is 2.40. The number of carbonyl (C=O) groups is 1. The lowest BCUT2D eigenvalue weighted by atomic mass is 10.1. The van der Waals surface area contributed by atoms with E-state index < -0.39 is 5.97 Å². The molecule has 0 aliphatic rings. The van der Waals surface area contributed by atoms with Crippen LogP contribution in [0.4, 0.5) is 5.82 Å². The molecule has 9 heteroatoms. The van der Waals surface area contributed by atoms with Crippen molar-refractivity contribution in [2.75, 3.05) is 38.8 Å². The zero-order valence-electron chi connectivity index (χ0n) is 14.3. The lowest BCUT2D eigenvalue weighted by molar-refractivity contribution is 0.0601. The molecule has 0 saturated carbocycles. The van der Waals surface area contributed by atoms with Gasteiger partial charge in [-0.3, -0.25) is 4.57 Å². The first-order valence-electron chi connectivity index (χ1n) is 8.04. The Morgan fingerprint density at radius 2 is 2.19 bits per heavy atom. The summed E-state index contributed by atoms with van der Waals surface area (Å²) in [5.74, 6) is 0.597. The first-order chi connectivity index (χ1) is 12.7. The van der Waals surface area contributed by atoms with Crippen molar-refractivity contribution >= 4 is 22.7 Å². The molecule has 3 rings (SSSR count). The number of aliphatic hydroxyl groups excluding tert-OH is 1. The molecule has 0 radical (unpaired) electrons. The zero-order valence-corrected chi connectivity index (χ0v) is 14.3. The number of benzene rings is 1. The lowest BCUT2D eigenvalue weighted by Crippen LogP contribution is -2.14. The number of imidazole rings is 1. The second-order valence-electron chi connectivity index (χ2n) is 5.33. The molecule has 3 aromatic rings. The zero-order chi connectivity index (χ0) is 18.4. The SMILES string of the molecule is COC(=O)c1ccc2nc(-n3ccnc3)nc(NCCOCCO)c2c1. The molecule has 0 saturated heterocycles. The maximum Gasteiger partial charge on any atom is 0.337 e. The van der Waals surface area contributed by atoms with E-state index >= 15 is 0 Å². The Hall–Kier alpha value is -3.04. The van der Waals surface area contributed by atoms with Gasteiger partial charge in [-0.1, -0.05) is 0 Å². The first-order valence-corrected chi connectivity index (χ1v) is 8.04. The fourth-order valence-electron chi connectivity index (χ4n) is 2.40. The number of esters is 1. The van der Waals surface area contributed by atoms with Gasteiger partial charge in [-0.15, -0.1) is 0 Å². The third kappa shape index (κ3) is 3.95. The number of anilines is 1. The van der Waals surface area contributed by atoms with Crippen LogP contribution >= 0.6 is 0 Å². The van der Waals surface area contributed by atoms with Crippen molar-refractivity contribution in [2.45, 2.75) is 0 Å². The summed E-state index contributed by atoms with van der Waals surface area (Å²) in [6, 6.07) is 5.10. The van der Waals surface area contributed by atoms with Gasteiger partial charge in [0.2, 0.25) is 5.95 Å². The quantitative estimate of drug-likeness (QED) is 0.454. The van der Waals surface area contributed by atoms with Gasteiger partial charge in [0.1, 0.15) is 12.1 Å². The predicted octanol–water partition coefficient (Wildman–Crippen LogP) is 1.02. The molecule has 0 aliphatic carbocycles. The number of fused-ring (bicyclic) bond motifs is 1. The second kappa shape index (κ2) is 8.37. The van der Waals surface area contributed by atoms with Crippen LogP contribution in [0, 0.1) is 0 Å². The minimum atomic E-state index is -0.428. The number of hydrogen-bond acceptors (Lipinski definition) is 8. The minimum absolute atomic E-state index is 0.0241. The van der Waals surface area contributed by atoms with E-state index in [1.165, 1.54) is 7.11 Å². The van der Waals surface area contributed by atoms with Crippen LogP contribution in [0.1, 0.15) is 10.4 Å². The van der Waals surface area contributed by atoms with Gasteiger partial charge in [0.25, 0.3) is 0 Å². The van der Waals surface area contributed by atoms with Crippen LogP contribution in [0.2, 0.25) is 0 Å². The largest absolute Gasteiger partial charge is 0.465 e. The Balaban J connectivity index is 1.96. The molecule has 0 atom stereocenters. The summed E-state index contributed by atoms with van der Waals surface area (Å²) < 4.78 is 11.7. The number of nitrogens with one attached hydrogen (secondary N) is 1. The molecule has 26 heavy (non-hydrogen) atoms. The molecule has 2 N–H and O–H groups in total. The van der Waals surface area contributed by atoms with Crippen molar-refractivity contribution in [3.05, 3.63) is 42.5 Å². The highest BCUT2D eigenvalue weighted by molar-refractivity contribution is 5.98. The van der Waals surface area contributed by atoms with Gasteiger partial charge < -0.3 is 19.9 Å². The van der Waals surface area contributed by atoms with Crippen LogP contribution in [0.5, 0.6) is 0 Å². The fraction of sp³-hybridized carbons (Fsp3) is 0.294. The van der Waals surface area contributed by atoms with Gasteiger partial charge in [-0.2, -0.15) is 4.98 Å². The molecule has 9 nitrogen and oxygen atoms in total. The molecule has 0 spiro atoms.